The molecule has 1 aliphatic carbocycles. The third kappa shape index (κ3) is 3.63. The van der Waals surface area contributed by atoms with E-state index < -0.39 is 0 Å². The topological polar surface area (TPSA) is 32.6 Å². The van der Waals surface area contributed by atoms with Crippen LogP contribution in [0.2, 0.25) is 0 Å². The molecule has 0 amide bonds. The summed E-state index contributed by atoms with van der Waals surface area (Å²) in [7, 11) is 5.99. The summed E-state index contributed by atoms with van der Waals surface area (Å²) in [5, 5.41) is 3.49. The Bertz CT molecular complexity index is 413. The van der Waals surface area contributed by atoms with Crippen LogP contribution in [-0.2, 0) is 13.6 Å². The normalized spacial score (nSPS) is 22.3. The maximum atomic E-state index is 4.33. The van der Waals surface area contributed by atoms with E-state index in [0.29, 0.717) is 6.04 Å². The third-order valence-corrected chi connectivity index (χ3v) is 3.45. The number of rotatable bonds is 3. The summed E-state index contributed by atoms with van der Waals surface area (Å²) in [5.74, 6) is 1.77. The van der Waals surface area contributed by atoms with Gasteiger partial charge in [0.15, 0.2) is 5.96 Å². The first kappa shape index (κ1) is 15.3. The molecule has 0 spiro atoms. The van der Waals surface area contributed by atoms with Gasteiger partial charge < -0.3 is 14.8 Å². The first-order valence-electron chi connectivity index (χ1n) is 6.16. The minimum Gasteiger partial charge on any atom is -0.353 e. The van der Waals surface area contributed by atoms with Crippen LogP contribution < -0.4 is 5.32 Å². The van der Waals surface area contributed by atoms with Crippen molar-refractivity contribution in [3.63, 3.8) is 0 Å². The molecule has 18 heavy (non-hydrogen) atoms. The van der Waals surface area contributed by atoms with E-state index in [4.69, 9.17) is 0 Å². The van der Waals surface area contributed by atoms with Crippen LogP contribution in [-0.4, -0.2) is 35.6 Å². The van der Waals surface area contributed by atoms with Crippen LogP contribution in [0.3, 0.4) is 0 Å². The van der Waals surface area contributed by atoms with Crippen molar-refractivity contribution in [2.24, 2.45) is 18.0 Å². The van der Waals surface area contributed by atoms with Gasteiger partial charge in [-0.15, -0.1) is 24.0 Å². The molecular weight excluding hydrogens is 339 g/mol. The molecule has 2 unspecified atom stereocenters. The number of halogens is 1. The fraction of sp³-hybridized carbons (Fsp3) is 0.615. The summed E-state index contributed by atoms with van der Waals surface area (Å²) in [6.07, 6.45) is 3.33. The van der Waals surface area contributed by atoms with E-state index in [1.54, 1.807) is 0 Å². The summed E-state index contributed by atoms with van der Waals surface area (Å²) in [5.41, 5.74) is 1.29. The second-order valence-corrected chi connectivity index (χ2v) is 4.98. The molecule has 0 aromatic carbocycles. The van der Waals surface area contributed by atoms with Crippen LogP contribution >= 0.6 is 24.0 Å². The van der Waals surface area contributed by atoms with Crippen molar-refractivity contribution < 1.29 is 0 Å². The second-order valence-electron chi connectivity index (χ2n) is 4.98. The predicted molar refractivity (Wildman–Crippen MR) is 86.4 cm³/mol. The van der Waals surface area contributed by atoms with Crippen LogP contribution in [0, 0.1) is 5.92 Å². The highest BCUT2D eigenvalue weighted by atomic mass is 127. The van der Waals surface area contributed by atoms with E-state index in [2.05, 4.69) is 59.1 Å². The molecular formula is C13H23IN4. The number of aromatic nitrogens is 1. The van der Waals surface area contributed by atoms with Crippen LogP contribution in [0.5, 0.6) is 0 Å². The first-order valence-corrected chi connectivity index (χ1v) is 6.16. The molecule has 1 aliphatic rings. The van der Waals surface area contributed by atoms with Crippen LogP contribution in [0.1, 0.15) is 19.0 Å². The molecule has 1 aromatic rings. The lowest BCUT2D eigenvalue weighted by molar-refractivity contribution is 0.460. The van der Waals surface area contributed by atoms with E-state index >= 15 is 0 Å². The van der Waals surface area contributed by atoms with Gasteiger partial charge in [0, 0.05) is 39.1 Å². The average Bonchev–Trinajstić information content (AvgIpc) is 2.85. The zero-order chi connectivity index (χ0) is 12.4. The minimum atomic E-state index is 0. The van der Waals surface area contributed by atoms with E-state index in [1.165, 1.54) is 12.1 Å². The number of hydrogen-bond acceptors (Lipinski definition) is 1. The number of hydrogen-bond donors (Lipinski definition) is 1. The van der Waals surface area contributed by atoms with Crippen LogP contribution in [0.4, 0.5) is 0 Å². The highest BCUT2D eigenvalue weighted by Crippen LogP contribution is 2.29. The van der Waals surface area contributed by atoms with E-state index in [-0.39, 0.29) is 24.0 Å². The number of nitrogens with zero attached hydrogens (tertiary/aromatic N) is 3. The van der Waals surface area contributed by atoms with Crippen LogP contribution in [0.15, 0.2) is 23.3 Å². The fourth-order valence-corrected chi connectivity index (χ4v) is 2.01. The van der Waals surface area contributed by atoms with Crippen molar-refractivity contribution in [3.8, 4) is 0 Å². The molecule has 2 atom stereocenters. The molecule has 0 radical (unpaired) electrons. The fourth-order valence-electron chi connectivity index (χ4n) is 2.01. The molecule has 2 rings (SSSR count). The first-order chi connectivity index (χ1) is 8.11. The van der Waals surface area contributed by atoms with Gasteiger partial charge in [-0.3, -0.25) is 4.99 Å². The monoisotopic (exact) mass is 362 g/mol. The second kappa shape index (κ2) is 6.45. The summed E-state index contributed by atoms with van der Waals surface area (Å²) >= 11 is 0. The van der Waals surface area contributed by atoms with Crippen molar-refractivity contribution in [2.75, 3.05) is 14.1 Å². The summed E-state index contributed by atoms with van der Waals surface area (Å²) in [6.45, 7) is 3.15. The largest absolute Gasteiger partial charge is 0.353 e. The smallest absolute Gasteiger partial charge is 0.193 e. The van der Waals surface area contributed by atoms with Gasteiger partial charge in [-0.1, -0.05) is 6.92 Å². The highest BCUT2D eigenvalue weighted by Gasteiger charge is 2.33. The van der Waals surface area contributed by atoms with Crippen molar-refractivity contribution in [3.05, 3.63) is 24.0 Å². The van der Waals surface area contributed by atoms with Crippen molar-refractivity contribution >= 4 is 29.9 Å². The van der Waals surface area contributed by atoms with Gasteiger partial charge in [0.1, 0.15) is 0 Å². The summed E-state index contributed by atoms with van der Waals surface area (Å²) in [6, 6.07) is 4.83. The van der Waals surface area contributed by atoms with E-state index in [9.17, 15) is 0 Å². The maximum Gasteiger partial charge on any atom is 0.193 e. The van der Waals surface area contributed by atoms with E-state index in [0.717, 1.165) is 18.4 Å². The number of aliphatic imine (C=N–C) groups is 1. The SMILES string of the molecule is CN=C(NC1CC1C)N(C)Cc1cccn1C.I. The molecule has 1 fully saturated rings. The van der Waals surface area contributed by atoms with Gasteiger partial charge in [0.25, 0.3) is 0 Å². The number of nitrogens with one attached hydrogen (secondary N) is 1. The molecule has 1 heterocycles. The Labute approximate surface area is 126 Å². The maximum absolute atomic E-state index is 4.33. The Morgan fingerprint density at radius 2 is 2.28 bits per heavy atom. The van der Waals surface area contributed by atoms with Gasteiger partial charge in [0.2, 0.25) is 0 Å². The third-order valence-electron chi connectivity index (χ3n) is 3.45. The lowest BCUT2D eigenvalue weighted by Crippen LogP contribution is -2.40. The lowest BCUT2D eigenvalue weighted by atomic mass is 10.4. The Morgan fingerprint density at radius 3 is 2.72 bits per heavy atom. The Morgan fingerprint density at radius 1 is 1.61 bits per heavy atom. The highest BCUT2D eigenvalue weighted by molar-refractivity contribution is 14.0. The van der Waals surface area contributed by atoms with Gasteiger partial charge >= 0.3 is 0 Å². The standard InChI is InChI=1S/C13H22N4.HI/c1-10-8-12(10)15-13(14-2)17(4)9-11-6-5-7-16(11)3;/h5-7,10,12H,8-9H2,1-4H3,(H,14,15);1H. The van der Waals surface area contributed by atoms with Gasteiger partial charge in [-0.2, -0.15) is 0 Å². The Hall–Kier alpha value is -0.720. The van der Waals surface area contributed by atoms with Crippen molar-refractivity contribution in [1.82, 2.24) is 14.8 Å². The Balaban J connectivity index is 0.00000162. The number of aryl methyl sites for hydroxylation is 1. The molecule has 1 N–H and O–H groups in total. The van der Waals surface area contributed by atoms with Gasteiger partial charge in [-0.25, -0.2) is 0 Å². The van der Waals surface area contributed by atoms with Crippen molar-refractivity contribution in [1.29, 1.82) is 0 Å². The average molecular weight is 362 g/mol. The molecule has 5 heteroatoms. The van der Waals surface area contributed by atoms with Gasteiger partial charge in [0.05, 0.1) is 6.54 Å². The van der Waals surface area contributed by atoms with Crippen LogP contribution in [0.25, 0.3) is 0 Å². The molecule has 0 bridgehead atoms. The van der Waals surface area contributed by atoms with Gasteiger partial charge in [-0.05, 0) is 24.5 Å². The zero-order valence-corrected chi connectivity index (χ0v) is 13.9. The predicted octanol–water partition coefficient (Wildman–Crippen LogP) is 2.06. The molecule has 0 aliphatic heterocycles. The Kier molecular flexibility index (Phi) is 5.49. The molecule has 1 saturated carbocycles. The number of guanidine groups is 1. The van der Waals surface area contributed by atoms with E-state index in [1.807, 2.05) is 7.05 Å². The quantitative estimate of drug-likeness (QED) is 0.507. The molecule has 0 saturated heterocycles. The molecule has 1 aromatic heterocycles. The van der Waals surface area contributed by atoms with Crippen molar-refractivity contribution in [2.45, 2.75) is 25.9 Å². The minimum absolute atomic E-state index is 0. The molecule has 4 nitrogen and oxygen atoms in total. The molecule has 102 valence electrons. The summed E-state index contributed by atoms with van der Waals surface area (Å²) in [4.78, 5) is 6.50. The zero-order valence-electron chi connectivity index (χ0n) is 11.6. The lowest BCUT2D eigenvalue weighted by Gasteiger charge is -2.22. The summed E-state index contributed by atoms with van der Waals surface area (Å²) < 4.78 is 2.14.